The Bertz CT molecular complexity index is 310. The normalized spacial score (nSPS) is 18.7. The van der Waals surface area contributed by atoms with Crippen LogP contribution in [0.3, 0.4) is 0 Å². The minimum atomic E-state index is -0.789. The lowest BCUT2D eigenvalue weighted by atomic mass is 10.1. The number of aliphatic carboxylic acids is 1. The predicted molar refractivity (Wildman–Crippen MR) is 72.9 cm³/mol. The molecule has 1 aliphatic heterocycles. The van der Waals surface area contributed by atoms with E-state index in [0.29, 0.717) is 19.6 Å². The van der Waals surface area contributed by atoms with Crippen molar-refractivity contribution in [2.24, 2.45) is 5.92 Å². The summed E-state index contributed by atoms with van der Waals surface area (Å²) in [6.07, 6.45) is 2.77. The molecule has 18 heavy (non-hydrogen) atoms. The highest BCUT2D eigenvalue weighted by Crippen LogP contribution is 2.19. The fourth-order valence-electron chi connectivity index (χ4n) is 1.94. The third kappa shape index (κ3) is 5.44. The van der Waals surface area contributed by atoms with Gasteiger partial charge in [-0.15, -0.1) is 6.58 Å². The SMILES string of the molecule is C=CCSCCNC(=O)N1CCC(CC(=O)O)C1. The summed E-state index contributed by atoms with van der Waals surface area (Å²) < 4.78 is 0. The predicted octanol–water partition coefficient (Wildman–Crippen LogP) is 1.41. The number of likely N-dealkylation sites (tertiary alicyclic amines) is 1. The second-order valence-corrected chi connectivity index (χ2v) is 5.44. The van der Waals surface area contributed by atoms with Crippen molar-refractivity contribution in [1.29, 1.82) is 0 Å². The van der Waals surface area contributed by atoms with Crippen molar-refractivity contribution in [2.45, 2.75) is 12.8 Å². The molecule has 2 N–H and O–H groups in total. The minimum absolute atomic E-state index is 0.0814. The molecule has 0 saturated carbocycles. The van der Waals surface area contributed by atoms with Gasteiger partial charge in [-0.05, 0) is 12.3 Å². The Hall–Kier alpha value is -1.17. The molecule has 6 heteroatoms. The quantitative estimate of drug-likeness (QED) is 0.543. The summed E-state index contributed by atoms with van der Waals surface area (Å²) in [5, 5.41) is 11.5. The summed E-state index contributed by atoms with van der Waals surface area (Å²) in [6.45, 7) is 5.47. The van der Waals surface area contributed by atoms with Crippen molar-refractivity contribution in [3.05, 3.63) is 12.7 Å². The summed E-state index contributed by atoms with van der Waals surface area (Å²) in [5.74, 6) is 1.07. The Morgan fingerprint density at radius 1 is 1.56 bits per heavy atom. The van der Waals surface area contributed by atoms with Gasteiger partial charge in [0.15, 0.2) is 0 Å². The van der Waals surface area contributed by atoms with E-state index in [-0.39, 0.29) is 18.4 Å². The number of urea groups is 1. The number of hydrogen-bond donors (Lipinski definition) is 2. The molecule has 0 spiro atoms. The van der Waals surface area contributed by atoms with Gasteiger partial charge in [0.2, 0.25) is 0 Å². The zero-order chi connectivity index (χ0) is 13.4. The van der Waals surface area contributed by atoms with Crippen LogP contribution in [0.25, 0.3) is 0 Å². The molecule has 5 nitrogen and oxygen atoms in total. The van der Waals surface area contributed by atoms with E-state index in [4.69, 9.17) is 5.11 Å². The second-order valence-electron chi connectivity index (χ2n) is 4.29. The molecule has 0 aromatic carbocycles. The highest BCUT2D eigenvalue weighted by atomic mass is 32.2. The van der Waals surface area contributed by atoms with Gasteiger partial charge in [0.1, 0.15) is 0 Å². The average Bonchev–Trinajstić information content (AvgIpc) is 2.76. The maximum absolute atomic E-state index is 11.7. The summed E-state index contributed by atoms with van der Waals surface area (Å²) >= 11 is 1.72. The highest BCUT2D eigenvalue weighted by Gasteiger charge is 2.27. The number of nitrogens with one attached hydrogen (secondary N) is 1. The molecular formula is C12H20N2O3S. The van der Waals surface area contributed by atoms with E-state index in [9.17, 15) is 9.59 Å². The van der Waals surface area contributed by atoms with Crippen LogP contribution in [0.2, 0.25) is 0 Å². The van der Waals surface area contributed by atoms with Crippen LogP contribution < -0.4 is 5.32 Å². The summed E-state index contributed by atoms with van der Waals surface area (Å²) in [7, 11) is 0. The van der Waals surface area contributed by atoms with Gasteiger partial charge >= 0.3 is 12.0 Å². The topological polar surface area (TPSA) is 69.6 Å². The van der Waals surface area contributed by atoms with Crippen molar-refractivity contribution < 1.29 is 14.7 Å². The first kappa shape index (κ1) is 14.9. The van der Waals surface area contributed by atoms with E-state index in [1.165, 1.54) is 0 Å². The molecule has 1 heterocycles. The standard InChI is InChI=1S/C12H20N2O3S/c1-2-6-18-7-4-13-12(17)14-5-3-10(9-14)8-11(15)16/h2,10H,1,3-9H2,(H,13,17)(H,15,16). The number of hydrogen-bond acceptors (Lipinski definition) is 3. The Balaban J connectivity index is 2.15. The van der Waals surface area contributed by atoms with Crippen LogP contribution in [-0.4, -0.2) is 53.1 Å². The zero-order valence-corrected chi connectivity index (χ0v) is 11.2. The van der Waals surface area contributed by atoms with Gasteiger partial charge in [0.05, 0.1) is 0 Å². The van der Waals surface area contributed by atoms with E-state index in [1.807, 2.05) is 6.08 Å². The molecular weight excluding hydrogens is 252 g/mol. The molecule has 1 fully saturated rings. The lowest BCUT2D eigenvalue weighted by Gasteiger charge is -2.16. The lowest BCUT2D eigenvalue weighted by Crippen LogP contribution is -2.39. The number of thioether (sulfide) groups is 1. The van der Waals surface area contributed by atoms with Gasteiger partial charge in [-0.25, -0.2) is 4.79 Å². The van der Waals surface area contributed by atoms with E-state index in [0.717, 1.165) is 17.9 Å². The molecule has 2 amide bonds. The van der Waals surface area contributed by atoms with Crippen LogP contribution in [0.1, 0.15) is 12.8 Å². The van der Waals surface area contributed by atoms with Gasteiger partial charge in [-0.3, -0.25) is 4.79 Å². The Labute approximate surface area is 112 Å². The first-order valence-corrected chi connectivity index (χ1v) is 7.22. The zero-order valence-electron chi connectivity index (χ0n) is 10.4. The van der Waals surface area contributed by atoms with E-state index in [2.05, 4.69) is 11.9 Å². The first-order chi connectivity index (χ1) is 8.63. The highest BCUT2D eigenvalue weighted by molar-refractivity contribution is 7.99. The third-order valence-corrected chi connectivity index (χ3v) is 3.76. The average molecular weight is 272 g/mol. The van der Waals surface area contributed by atoms with Gasteiger partial charge < -0.3 is 15.3 Å². The Morgan fingerprint density at radius 3 is 3.00 bits per heavy atom. The van der Waals surface area contributed by atoms with Gasteiger partial charge in [0.25, 0.3) is 0 Å². The number of carbonyl (C=O) groups excluding carboxylic acids is 1. The van der Waals surface area contributed by atoms with Crippen molar-refractivity contribution in [3.63, 3.8) is 0 Å². The van der Waals surface area contributed by atoms with E-state index >= 15 is 0 Å². The molecule has 1 rings (SSSR count). The lowest BCUT2D eigenvalue weighted by molar-refractivity contribution is -0.138. The molecule has 1 unspecified atom stereocenters. The number of amides is 2. The van der Waals surface area contributed by atoms with Crippen molar-refractivity contribution in [2.75, 3.05) is 31.1 Å². The van der Waals surface area contributed by atoms with Crippen molar-refractivity contribution in [3.8, 4) is 0 Å². The van der Waals surface area contributed by atoms with Crippen LogP contribution in [0, 0.1) is 5.92 Å². The fraction of sp³-hybridized carbons (Fsp3) is 0.667. The van der Waals surface area contributed by atoms with Gasteiger partial charge in [0, 0.05) is 37.6 Å². The molecule has 1 atom stereocenters. The number of carboxylic acids is 1. The van der Waals surface area contributed by atoms with Gasteiger partial charge in [-0.1, -0.05) is 6.08 Å². The maximum Gasteiger partial charge on any atom is 0.317 e. The molecule has 0 radical (unpaired) electrons. The maximum atomic E-state index is 11.7. The molecule has 0 bridgehead atoms. The summed E-state index contributed by atoms with van der Waals surface area (Å²) in [6, 6.07) is -0.0814. The number of carbonyl (C=O) groups is 2. The Kier molecular flexibility index (Phi) is 6.64. The van der Waals surface area contributed by atoms with Crippen LogP contribution >= 0.6 is 11.8 Å². The molecule has 102 valence electrons. The first-order valence-electron chi connectivity index (χ1n) is 6.06. The van der Waals surface area contributed by atoms with E-state index in [1.54, 1.807) is 16.7 Å². The van der Waals surface area contributed by atoms with Crippen LogP contribution in [-0.2, 0) is 4.79 Å². The second kappa shape index (κ2) is 8.02. The molecule has 0 aromatic heterocycles. The number of nitrogens with zero attached hydrogens (tertiary/aromatic N) is 1. The minimum Gasteiger partial charge on any atom is -0.481 e. The number of rotatable bonds is 7. The molecule has 1 aliphatic rings. The summed E-state index contributed by atoms with van der Waals surface area (Å²) in [4.78, 5) is 24.0. The largest absolute Gasteiger partial charge is 0.481 e. The summed E-state index contributed by atoms with van der Waals surface area (Å²) in [5.41, 5.74) is 0. The smallest absolute Gasteiger partial charge is 0.317 e. The van der Waals surface area contributed by atoms with Crippen LogP contribution in [0.5, 0.6) is 0 Å². The van der Waals surface area contributed by atoms with Gasteiger partial charge in [-0.2, -0.15) is 11.8 Å². The number of carboxylic acid groups (broad SMARTS) is 1. The molecule has 1 saturated heterocycles. The third-order valence-electron chi connectivity index (χ3n) is 2.79. The molecule has 0 aliphatic carbocycles. The Morgan fingerprint density at radius 2 is 2.33 bits per heavy atom. The fourth-order valence-corrected chi connectivity index (χ4v) is 2.52. The van der Waals surface area contributed by atoms with E-state index < -0.39 is 5.97 Å². The van der Waals surface area contributed by atoms with Crippen molar-refractivity contribution >= 4 is 23.8 Å². The van der Waals surface area contributed by atoms with Crippen LogP contribution in [0.15, 0.2) is 12.7 Å². The van der Waals surface area contributed by atoms with Crippen molar-refractivity contribution in [1.82, 2.24) is 10.2 Å². The van der Waals surface area contributed by atoms with Crippen LogP contribution in [0.4, 0.5) is 4.79 Å². The molecule has 0 aromatic rings. The monoisotopic (exact) mass is 272 g/mol.